The molecule has 1 aromatic heterocycles. The number of ether oxygens (including phenoxy) is 2. The highest BCUT2D eigenvalue weighted by Crippen LogP contribution is 2.33. The van der Waals surface area contributed by atoms with E-state index in [2.05, 4.69) is 5.32 Å². The van der Waals surface area contributed by atoms with Gasteiger partial charge >= 0.3 is 11.9 Å². The zero-order chi connectivity index (χ0) is 20.1. The topological polar surface area (TPSA) is 81.7 Å². The van der Waals surface area contributed by atoms with E-state index in [-0.39, 0.29) is 17.2 Å². The van der Waals surface area contributed by atoms with Crippen molar-refractivity contribution < 1.29 is 28.2 Å². The van der Waals surface area contributed by atoms with Crippen LogP contribution in [0.15, 0.2) is 18.2 Å². The number of halogens is 2. The molecule has 9 heteroatoms. The van der Waals surface area contributed by atoms with Gasteiger partial charge in [-0.2, -0.15) is 0 Å². The van der Waals surface area contributed by atoms with Crippen molar-refractivity contribution in [2.45, 2.75) is 20.8 Å². The summed E-state index contributed by atoms with van der Waals surface area (Å²) in [5.74, 6) is -3.13. The van der Waals surface area contributed by atoms with E-state index in [0.29, 0.717) is 10.6 Å². The van der Waals surface area contributed by atoms with Crippen LogP contribution in [0.4, 0.5) is 9.39 Å². The van der Waals surface area contributed by atoms with Gasteiger partial charge < -0.3 is 14.8 Å². The number of hydrogen-bond acceptors (Lipinski definition) is 6. The quantitative estimate of drug-likeness (QED) is 0.720. The Balaban J connectivity index is 2.07. The van der Waals surface area contributed by atoms with Gasteiger partial charge in [-0.15, -0.1) is 11.3 Å². The molecule has 0 atom stereocenters. The Kier molecular flexibility index (Phi) is 6.92. The molecular weight excluding hydrogens is 397 g/mol. The van der Waals surface area contributed by atoms with Crippen LogP contribution in [0.1, 0.15) is 38.1 Å². The largest absolute Gasteiger partial charge is 0.462 e. The van der Waals surface area contributed by atoms with E-state index in [1.807, 2.05) is 0 Å². The second-order valence-corrected chi connectivity index (χ2v) is 7.06. The minimum atomic E-state index is -1.06. The molecule has 144 valence electrons. The molecule has 0 saturated carbocycles. The summed E-state index contributed by atoms with van der Waals surface area (Å²) in [6.07, 6.45) is 0. The van der Waals surface area contributed by atoms with E-state index in [1.165, 1.54) is 23.5 Å². The average molecular weight is 414 g/mol. The molecule has 27 heavy (non-hydrogen) atoms. The van der Waals surface area contributed by atoms with Crippen LogP contribution in [0.5, 0.6) is 0 Å². The van der Waals surface area contributed by atoms with Crippen molar-refractivity contribution in [2.24, 2.45) is 0 Å². The summed E-state index contributed by atoms with van der Waals surface area (Å²) < 4.78 is 23.5. The maximum atomic E-state index is 13.7. The monoisotopic (exact) mass is 413 g/mol. The van der Waals surface area contributed by atoms with Crippen molar-refractivity contribution in [3.05, 3.63) is 50.6 Å². The van der Waals surface area contributed by atoms with Crippen LogP contribution < -0.4 is 5.32 Å². The molecule has 1 heterocycles. The van der Waals surface area contributed by atoms with E-state index >= 15 is 0 Å². The molecule has 1 N–H and O–H groups in total. The molecule has 0 bridgehead atoms. The van der Waals surface area contributed by atoms with Crippen molar-refractivity contribution in [3.63, 3.8) is 0 Å². The number of carbonyl (C=O) groups is 3. The zero-order valence-corrected chi connectivity index (χ0v) is 16.4. The molecule has 6 nitrogen and oxygen atoms in total. The highest BCUT2D eigenvalue weighted by atomic mass is 35.5. The molecule has 0 fully saturated rings. The third-order valence-corrected chi connectivity index (χ3v) is 5.06. The number of nitrogens with one attached hydrogen (secondary N) is 1. The predicted molar refractivity (Wildman–Crippen MR) is 100 cm³/mol. The van der Waals surface area contributed by atoms with Gasteiger partial charge in [-0.3, -0.25) is 4.79 Å². The minimum absolute atomic E-state index is 0.116. The van der Waals surface area contributed by atoms with Crippen LogP contribution in [0.2, 0.25) is 5.02 Å². The fourth-order valence-electron chi connectivity index (χ4n) is 2.22. The van der Waals surface area contributed by atoms with Gasteiger partial charge in [-0.25, -0.2) is 14.0 Å². The predicted octanol–water partition coefficient (Wildman–Crippen LogP) is 4.13. The van der Waals surface area contributed by atoms with Gasteiger partial charge in [0.2, 0.25) is 0 Å². The van der Waals surface area contributed by atoms with Gasteiger partial charge in [0.1, 0.15) is 16.4 Å². The second-order valence-electron chi connectivity index (χ2n) is 5.43. The van der Waals surface area contributed by atoms with E-state index in [0.717, 1.165) is 10.9 Å². The first-order valence-electron chi connectivity index (χ1n) is 7.94. The average Bonchev–Trinajstić information content (AvgIpc) is 2.87. The number of benzene rings is 1. The van der Waals surface area contributed by atoms with Crippen molar-refractivity contribution in [1.29, 1.82) is 0 Å². The van der Waals surface area contributed by atoms with Gasteiger partial charge in [-0.1, -0.05) is 17.7 Å². The zero-order valence-electron chi connectivity index (χ0n) is 14.9. The van der Waals surface area contributed by atoms with E-state index < -0.39 is 35.8 Å². The van der Waals surface area contributed by atoms with Crippen LogP contribution in [0, 0.1) is 19.7 Å². The lowest BCUT2D eigenvalue weighted by Crippen LogP contribution is -2.22. The third-order valence-electron chi connectivity index (χ3n) is 3.62. The molecule has 2 aromatic rings. The van der Waals surface area contributed by atoms with Crippen molar-refractivity contribution in [2.75, 3.05) is 18.5 Å². The SMILES string of the molecule is CCOC(=O)c1c(NC(=O)COC(=O)c2c(F)cccc2Cl)sc(C)c1C. The fraction of sp³-hybridized carbons (Fsp3) is 0.278. The van der Waals surface area contributed by atoms with Gasteiger partial charge in [0.05, 0.1) is 17.2 Å². The molecule has 0 unspecified atom stereocenters. The minimum Gasteiger partial charge on any atom is -0.462 e. The number of thiophene rings is 1. The first kappa shape index (κ1) is 20.9. The van der Waals surface area contributed by atoms with Crippen LogP contribution in [0.3, 0.4) is 0 Å². The lowest BCUT2D eigenvalue weighted by Gasteiger charge is -2.09. The van der Waals surface area contributed by atoms with Gasteiger partial charge in [-0.05, 0) is 38.5 Å². The van der Waals surface area contributed by atoms with Crippen LogP contribution in [-0.2, 0) is 14.3 Å². The Hall–Kier alpha value is -2.45. The Morgan fingerprint density at radius 2 is 1.81 bits per heavy atom. The fourth-order valence-corrected chi connectivity index (χ4v) is 3.53. The summed E-state index contributed by atoms with van der Waals surface area (Å²) in [6, 6.07) is 3.75. The molecule has 0 spiro atoms. The Labute approximate surface area is 164 Å². The number of hydrogen-bond donors (Lipinski definition) is 1. The number of aryl methyl sites for hydroxylation is 1. The molecule has 2 rings (SSSR count). The van der Waals surface area contributed by atoms with Crippen molar-refractivity contribution >= 4 is 45.8 Å². The Bertz CT molecular complexity index is 876. The molecular formula is C18H17ClFNO5S. The maximum Gasteiger partial charge on any atom is 0.343 e. The highest BCUT2D eigenvalue weighted by molar-refractivity contribution is 7.16. The molecule has 0 aliphatic carbocycles. The summed E-state index contributed by atoms with van der Waals surface area (Å²) in [4.78, 5) is 37.0. The molecule has 0 saturated heterocycles. The van der Waals surface area contributed by atoms with E-state index in [9.17, 15) is 18.8 Å². The lowest BCUT2D eigenvalue weighted by molar-refractivity contribution is -0.119. The van der Waals surface area contributed by atoms with Gasteiger partial charge in [0.25, 0.3) is 5.91 Å². The van der Waals surface area contributed by atoms with Crippen molar-refractivity contribution in [1.82, 2.24) is 0 Å². The first-order chi connectivity index (χ1) is 12.8. The number of rotatable bonds is 6. The summed E-state index contributed by atoms with van der Waals surface area (Å²) in [5, 5.41) is 2.71. The van der Waals surface area contributed by atoms with Crippen LogP contribution >= 0.6 is 22.9 Å². The van der Waals surface area contributed by atoms with Crippen LogP contribution in [-0.4, -0.2) is 31.1 Å². The second kappa shape index (κ2) is 8.96. The van der Waals surface area contributed by atoms with Gasteiger partial charge in [0.15, 0.2) is 6.61 Å². The molecule has 0 aliphatic heterocycles. The highest BCUT2D eigenvalue weighted by Gasteiger charge is 2.23. The molecule has 1 amide bonds. The van der Waals surface area contributed by atoms with E-state index in [1.54, 1.807) is 20.8 Å². The van der Waals surface area contributed by atoms with Crippen LogP contribution in [0.25, 0.3) is 0 Å². The smallest absolute Gasteiger partial charge is 0.343 e. The van der Waals surface area contributed by atoms with Crippen molar-refractivity contribution in [3.8, 4) is 0 Å². The lowest BCUT2D eigenvalue weighted by atomic mass is 10.1. The molecule has 0 radical (unpaired) electrons. The molecule has 0 aliphatic rings. The number of anilines is 1. The summed E-state index contributed by atoms with van der Waals surface area (Å²) in [6.45, 7) is 4.76. The molecule has 1 aromatic carbocycles. The normalized spacial score (nSPS) is 10.4. The Morgan fingerprint density at radius 1 is 1.15 bits per heavy atom. The van der Waals surface area contributed by atoms with Gasteiger partial charge in [0, 0.05) is 4.88 Å². The number of carbonyl (C=O) groups excluding carboxylic acids is 3. The summed E-state index contributed by atoms with van der Waals surface area (Å²) in [7, 11) is 0. The first-order valence-corrected chi connectivity index (χ1v) is 9.13. The number of amides is 1. The third kappa shape index (κ3) is 4.84. The number of esters is 2. The van der Waals surface area contributed by atoms with E-state index in [4.69, 9.17) is 21.1 Å². The Morgan fingerprint density at radius 3 is 2.44 bits per heavy atom. The standard InChI is InChI=1S/C18H17ClFNO5S/c1-4-25-17(23)14-9(2)10(3)27-16(14)21-13(22)8-26-18(24)15-11(19)6-5-7-12(15)20/h5-7H,4,8H2,1-3H3,(H,21,22). The maximum absolute atomic E-state index is 13.7. The summed E-state index contributed by atoms with van der Waals surface area (Å²) in [5.41, 5.74) is 0.516. The summed E-state index contributed by atoms with van der Waals surface area (Å²) >= 11 is 6.99.